The second-order valence-corrected chi connectivity index (χ2v) is 11.0. The first-order valence-corrected chi connectivity index (χ1v) is 9.70. The second kappa shape index (κ2) is 5.95. The first-order chi connectivity index (χ1) is 9.16. The summed E-state index contributed by atoms with van der Waals surface area (Å²) >= 11 is 0. The number of benzene rings is 1. The van der Waals surface area contributed by atoms with Crippen LogP contribution >= 0.6 is 0 Å². The average molecular weight is 297 g/mol. The van der Waals surface area contributed by atoms with Gasteiger partial charge in [-0.2, -0.15) is 0 Å². The van der Waals surface area contributed by atoms with E-state index in [1.165, 1.54) is 0 Å². The normalized spacial score (nSPS) is 12.0. The molecule has 20 heavy (non-hydrogen) atoms. The van der Waals surface area contributed by atoms with E-state index in [9.17, 15) is 0 Å². The van der Waals surface area contributed by atoms with Crippen molar-refractivity contribution in [3.63, 3.8) is 0 Å². The molecule has 0 spiro atoms. The fourth-order valence-electron chi connectivity index (χ4n) is 1.53. The molecule has 0 amide bonds. The van der Waals surface area contributed by atoms with E-state index < -0.39 is 8.32 Å². The zero-order valence-electron chi connectivity index (χ0n) is 13.9. The average Bonchev–Trinajstić information content (AvgIpc) is 2.37. The molecule has 1 rings (SSSR count). The van der Waals surface area contributed by atoms with Crippen molar-refractivity contribution in [2.24, 2.45) is 0 Å². The Morgan fingerprint density at radius 1 is 1.00 bits per heavy atom. The highest BCUT2D eigenvalue weighted by atomic mass is 28.4. The molecule has 4 nitrogen and oxygen atoms in total. The van der Waals surface area contributed by atoms with Crippen LogP contribution in [0.25, 0.3) is 0 Å². The summed E-state index contributed by atoms with van der Waals surface area (Å²) in [5, 5.41) is 3.21. The van der Waals surface area contributed by atoms with Gasteiger partial charge in [0, 0.05) is 24.9 Å². The van der Waals surface area contributed by atoms with E-state index in [4.69, 9.17) is 13.9 Å². The van der Waals surface area contributed by atoms with E-state index in [-0.39, 0.29) is 5.04 Å². The highest BCUT2D eigenvalue weighted by Crippen LogP contribution is 2.45. The molecule has 0 bridgehead atoms. The van der Waals surface area contributed by atoms with Crippen molar-refractivity contribution in [1.29, 1.82) is 0 Å². The lowest BCUT2D eigenvalue weighted by Crippen LogP contribution is -2.44. The molecular formula is C15H27NO3Si. The van der Waals surface area contributed by atoms with Gasteiger partial charge in [0.05, 0.1) is 14.2 Å². The van der Waals surface area contributed by atoms with E-state index in [1.807, 2.05) is 19.2 Å². The SMILES string of the molecule is CNc1cc(OC)c(O[Si](C)(C)C(C)(C)C)c(OC)c1. The van der Waals surface area contributed by atoms with Gasteiger partial charge >= 0.3 is 0 Å². The number of hydrogen-bond acceptors (Lipinski definition) is 4. The first-order valence-electron chi connectivity index (χ1n) is 6.79. The Hall–Kier alpha value is -1.36. The topological polar surface area (TPSA) is 39.7 Å². The minimum Gasteiger partial charge on any atom is -0.539 e. The molecule has 0 unspecified atom stereocenters. The van der Waals surface area contributed by atoms with Crippen LogP contribution in [0.15, 0.2) is 12.1 Å². The minimum absolute atomic E-state index is 0.116. The monoisotopic (exact) mass is 297 g/mol. The Balaban J connectivity index is 3.30. The second-order valence-electron chi connectivity index (χ2n) is 6.32. The fourth-order valence-corrected chi connectivity index (χ4v) is 2.55. The Morgan fingerprint density at radius 3 is 1.75 bits per heavy atom. The lowest BCUT2D eigenvalue weighted by molar-refractivity contribution is 0.355. The molecule has 0 aliphatic carbocycles. The van der Waals surface area contributed by atoms with Crippen LogP contribution in [0.2, 0.25) is 18.1 Å². The highest BCUT2D eigenvalue weighted by molar-refractivity contribution is 6.74. The van der Waals surface area contributed by atoms with E-state index >= 15 is 0 Å². The molecule has 1 aromatic carbocycles. The third-order valence-electron chi connectivity index (χ3n) is 3.91. The third-order valence-corrected chi connectivity index (χ3v) is 8.24. The minimum atomic E-state index is -1.95. The van der Waals surface area contributed by atoms with Gasteiger partial charge in [-0.25, -0.2) is 0 Å². The van der Waals surface area contributed by atoms with Crippen LogP contribution in [0.5, 0.6) is 17.2 Å². The van der Waals surface area contributed by atoms with Crippen LogP contribution in [-0.4, -0.2) is 29.6 Å². The lowest BCUT2D eigenvalue weighted by atomic mass is 10.2. The molecule has 0 fully saturated rings. The van der Waals surface area contributed by atoms with Crippen molar-refractivity contribution in [2.45, 2.75) is 38.9 Å². The zero-order chi connectivity index (χ0) is 15.6. The molecule has 1 aromatic rings. The molecule has 0 saturated carbocycles. The van der Waals surface area contributed by atoms with Gasteiger partial charge in [0.1, 0.15) is 0 Å². The van der Waals surface area contributed by atoms with Gasteiger partial charge in [0.15, 0.2) is 17.2 Å². The van der Waals surface area contributed by atoms with Crippen molar-refractivity contribution < 1.29 is 13.9 Å². The molecule has 1 N–H and O–H groups in total. The van der Waals surface area contributed by atoms with E-state index in [0.29, 0.717) is 17.2 Å². The van der Waals surface area contributed by atoms with Crippen LogP contribution < -0.4 is 19.2 Å². The molecule has 5 heteroatoms. The number of nitrogens with one attached hydrogen (secondary N) is 1. The number of ether oxygens (including phenoxy) is 2. The van der Waals surface area contributed by atoms with Crippen LogP contribution in [0.3, 0.4) is 0 Å². The predicted molar refractivity (Wildman–Crippen MR) is 86.9 cm³/mol. The maximum atomic E-state index is 6.37. The number of hydrogen-bond donors (Lipinski definition) is 1. The summed E-state index contributed by atoms with van der Waals surface area (Å²) in [5.74, 6) is 2.08. The lowest BCUT2D eigenvalue weighted by Gasteiger charge is -2.37. The Bertz CT molecular complexity index is 442. The van der Waals surface area contributed by atoms with Crippen LogP contribution in [-0.2, 0) is 0 Å². The molecule has 0 aromatic heterocycles. The number of rotatable bonds is 5. The fraction of sp³-hybridized carbons (Fsp3) is 0.600. The van der Waals surface area contributed by atoms with Crippen molar-refractivity contribution in [1.82, 2.24) is 0 Å². The summed E-state index contributed by atoms with van der Waals surface area (Å²) in [5.41, 5.74) is 0.932. The van der Waals surface area contributed by atoms with Crippen molar-refractivity contribution >= 4 is 14.0 Å². The summed E-state index contributed by atoms with van der Waals surface area (Å²) in [6, 6.07) is 3.84. The summed E-state index contributed by atoms with van der Waals surface area (Å²) in [6.45, 7) is 11.0. The predicted octanol–water partition coefficient (Wildman–Crippen LogP) is 4.13. The molecule has 0 radical (unpaired) electrons. The summed E-state index contributed by atoms with van der Waals surface area (Å²) in [6.07, 6.45) is 0. The molecule has 0 atom stereocenters. The standard InChI is InChI=1S/C15H27NO3Si/c1-15(2,3)20(7,8)19-14-12(17-5)9-11(16-4)10-13(14)18-6/h9-10,16H,1-8H3. The molecule has 0 saturated heterocycles. The number of methoxy groups -OCH3 is 2. The Morgan fingerprint density at radius 2 is 1.45 bits per heavy atom. The zero-order valence-corrected chi connectivity index (χ0v) is 14.9. The van der Waals surface area contributed by atoms with Gasteiger partial charge in [-0.1, -0.05) is 20.8 Å². The maximum Gasteiger partial charge on any atom is 0.250 e. The van der Waals surface area contributed by atoms with Crippen molar-refractivity contribution in [2.75, 3.05) is 26.6 Å². The quantitative estimate of drug-likeness (QED) is 0.830. The molecule has 0 heterocycles. The van der Waals surface area contributed by atoms with Gasteiger partial charge < -0.3 is 19.2 Å². The van der Waals surface area contributed by atoms with Gasteiger partial charge in [-0.05, 0) is 18.1 Å². The number of anilines is 1. The van der Waals surface area contributed by atoms with Gasteiger partial charge in [-0.3, -0.25) is 0 Å². The Kier molecular flexibility index (Phi) is 4.97. The van der Waals surface area contributed by atoms with Crippen molar-refractivity contribution in [3.8, 4) is 17.2 Å². The smallest absolute Gasteiger partial charge is 0.250 e. The molecule has 0 aliphatic rings. The van der Waals surface area contributed by atoms with Gasteiger partial charge in [0.25, 0.3) is 8.32 Å². The van der Waals surface area contributed by atoms with Crippen LogP contribution in [0.4, 0.5) is 5.69 Å². The third kappa shape index (κ3) is 3.39. The van der Waals surface area contributed by atoms with Gasteiger partial charge in [-0.15, -0.1) is 0 Å². The summed E-state index contributed by atoms with van der Waals surface area (Å²) < 4.78 is 17.3. The maximum absolute atomic E-state index is 6.37. The van der Waals surface area contributed by atoms with Crippen LogP contribution in [0.1, 0.15) is 20.8 Å². The first kappa shape index (κ1) is 16.7. The largest absolute Gasteiger partial charge is 0.539 e. The molecular weight excluding hydrogens is 270 g/mol. The Labute approximate surface area is 123 Å². The van der Waals surface area contributed by atoms with E-state index in [0.717, 1.165) is 5.69 Å². The highest BCUT2D eigenvalue weighted by Gasteiger charge is 2.40. The van der Waals surface area contributed by atoms with Crippen molar-refractivity contribution in [3.05, 3.63) is 12.1 Å². The summed E-state index contributed by atoms with van der Waals surface area (Å²) in [7, 11) is 3.21. The van der Waals surface area contributed by atoms with E-state index in [1.54, 1.807) is 14.2 Å². The molecule has 0 aliphatic heterocycles. The van der Waals surface area contributed by atoms with E-state index in [2.05, 4.69) is 39.2 Å². The summed E-state index contributed by atoms with van der Waals surface area (Å²) in [4.78, 5) is 0. The van der Waals surface area contributed by atoms with Crippen LogP contribution in [0, 0.1) is 0 Å². The molecule has 114 valence electrons. The van der Waals surface area contributed by atoms with Gasteiger partial charge in [0.2, 0.25) is 0 Å².